The number of nitrogens with zero attached hydrogens (tertiary/aromatic N) is 3. The van der Waals surface area contributed by atoms with Gasteiger partial charge in [-0.25, -0.2) is 8.42 Å². The molecule has 3 heterocycles. The number of aryl methyl sites for hydroxylation is 2. The number of benzene rings is 1. The lowest BCUT2D eigenvalue weighted by Gasteiger charge is -2.36. The first-order valence-electron chi connectivity index (χ1n) is 9.21. The maximum absolute atomic E-state index is 13.2. The van der Waals surface area contributed by atoms with Gasteiger partial charge in [-0.3, -0.25) is 0 Å². The summed E-state index contributed by atoms with van der Waals surface area (Å²) in [5.41, 5.74) is 3.65. The van der Waals surface area contributed by atoms with Crippen molar-refractivity contribution in [1.82, 2.24) is 9.46 Å². The first-order valence-corrected chi connectivity index (χ1v) is 10.6. The number of aromatic nitrogens is 1. The van der Waals surface area contributed by atoms with E-state index in [2.05, 4.69) is 36.0 Å². The molecular formula is C20H23N3O4S. The van der Waals surface area contributed by atoms with Gasteiger partial charge in [0.15, 0.2) is 5.76 Å². The maximum atomic E-state index is 13.2. The van der Waals surface area contributed by atoms with Crippen LogP contribution in [0.5, 0.6) is 0 Å². The van der Waals surface area contributed by atoms with Crippen molar-refractivity contribution in [2.24, 2.45) is 0 Å². The van der Waals surface area contributed by atoms with Gasteiger partial charge in [0.2, 0.25) is 15.8 Å². The largest absolute Gasteiger partial charge is 0.457 e. The van der Waals surface area contributed by atoms with Crippen molar-refractivity contribution in [1.29, 1.82) is 0 Å². The molecule has 0 radical (unpaired) electrons. The van der Waals surface area contributed by atoms with Crippen LogP contribution in [0, 0.1) is 20.8 Å². The van der Waals surface area contributed by atoms with E-state index >= 15 is 0 Å². The number of rotatable bonds is 4. The number of anilines is 1. The molecule has 3 aromatic rings. The Morgan fingerprint density at radius 2 is 1.75 bits per heavy atom. The summed E-state index contributed by atoms with van der Waals surface area (Å²) in [5, 5.41) is 3.64. The Morgan fingerprint density at radius 3 is 2.43 bits per heavy atom. The predicted molar refractivity (Wildman–Crippen MR) is 106 cm³/mol. The van der Waals surface area contributed by atoms with E-state index in [0.29, 0.717) is 43.5 Å². The van der Waals surface area contributed by atoms with Gasteiger partial charge in [0.25, 0.3) is 0 Å². The van der Waals surface area contributed by atoms with Crippen LogP contribution in [0.2, 0.25) is 0 Å². The Balaban J connectivity index is 1.54. The summed E-state index contributed by atoms with van der Waals surface area (Å²) < 4.78 is 38.5. The fraction of sp³-hybridized carbons (Fsp3) is 0.350. The van der Waals surface area contributed by atoms with Gasteiger partial charge >= 0.3 is 0 Å². The summed E-state index contributed by atoms with van der Waals surface area (Å²) in [6, 6.07) is 9.38. The topological polar surface area (TPSA) is 79.8 Å². The van der Waals surface area contributed by atoms with E-state index in [9.17, 15) is 8.42 Å². The molecule has 8 heteroatoms. The quantitative estimate of drug-likeness (QED) is 0.667. The van der Waals surface area contributed by atoms with E-state index < -0.39 is 10.0 Å². The zero-order valence-electron chi connectivity index (χ0n) is 16.2. The first kappa shape index (κ1) is 18.8. The van der Waals surface area contributed by atoms with Crippen molar-refractivity contribution >= 4 is 15.7 Å². The second-order valence-corrected chi connectivity index (χ2v) is 8.92. The highest BCUT2D eigenvalue weighted by Crippen LogP contribution is 2.31. The summed E-state index contributed by atoms with van der Waals surface area (Å²) in [5.74, 6) is 1.12. The Labute approximate surface area is 164 Å². The summed E-state index contributed by atoms with van der Waals surface area (Å²) in [7, 11) is -3.64. The van der Waals surface area contributed by atoms with E-state index in [1.165, 1.54) is 33.4 Å². The molecule has 1 aliphatic rings. The van der Waals surface area contributed by atoms with Crippen molar-refractivity contribution in [3.63, 3.8) is 0 Å². The van der Waals surface area contributed by atoms with Gasteiger partial charge in [-0.1, -0.05) is 17.3 Å². The van der Waals surface area contributed by atoms with Crippen LogP contribution in [-0.4, -0.2) is 44.1 Å². The SMILES string of the molecule is Cc1cccc(N2CCN(S(=O)(=O)c3cc(-c4ccno4)oc3C)CC2)c1C. The molecule has 7 nitrogen and oxygen atoms in total. The van der Waals surface area contributed by atoms with Crippen molar-refractivity contribution in [2.45, 2.75) is 25.7 Å². The van der Waals surface area contributed by atoms with E-state index in [-0.39, 0.29) is 4.90 Å². The molecule has 148 valence electrons. The lowest BCUT2D eigenvalue weighted by Crippen LogP contribution is -2.48. The predicted octanol–water partition coefficient (Wildman–Crippen LogP) is 3.37. The smallest absolute Gasteiger partial charge is 0.246 e. The minimum absolute atomic E-state index is 0.180. The Kier molecular flexibility index (Phi) is 4.76. The van der Waals surface area contributed by atoms with Gasteiger partial charge in [0, 0.05) is 44.0 Å². The third-order valence-electron chi connectivity index (χ3n) is 5.33. The molecule has 1 aliphatic heterocycles. The van der Waals surface area contributed by atoms with Crippen LogP contribution in [0.1, 0.15) is 16.9 Å². The zero-order valence-corrected chi connectivity index (χ0v) is 17.0. The monoisotopic (exact) mass is 401 g/mol. The fourth-order valence-corrected chi connectivity index (χ4v) is 5.16. The van der Waals surface area contributed by atoms with Crippen LogP contribution in [0.15, 0.2) is 50.4 Å². The average molecular weight is 401 g/mol. The normalized spacial score (nSPS) is 15.9. The molecule has 0 aliphatic carbocycles. The van der Waals surface area contributed by atoms with Gasteiger partial charge in [-0.15, -0.1) is 0 Å². The second-order valence-electron chi connectivity index (χ2n) is 7.02. The summed E-state index contributed by atoms with van der Waals surface area (Å²) in [6.45, 7) is 8.00. The van der Waals surface area contributed by atoms with Crippen molar-refractivity contribution < 1.29 is 17.4 Å². The first-order chi connectivity index (χ1) is 13.4. The standard InChI is InChI=1S/C20H23N3O4S/c1-14-5-4-6-17(15(14)2)22-9-11-23(12-10-22)28(24,25)20-13-19(26-16(20)3)18-7-8-21-27-18/h4-8,13H,9-12H2,1-3H3. The molecule has 0 unspecified atom stereocenters. The number of hydrogen-bond donors (Lipinski definition) is 0. The third-order valence-corrected chi connectivity index (χ3v) is 7.33. The number of piperazine rings is 1. The van der Waals surface area contributed by atoms with Gasteiger partial charge in [-0.2, -0.15) is 4.31 Å². The molecule has 28 heavy (non-hydrogen) atoms. The number of hydrogen-bond acceptors (Lipinski definition) is 6. The number of furan rings is 1. The second kappa shape index (κ2) is 7.10. The molecule has 0 N–H and O–H groups in total. The average Bonchev–Trinajstić information content (AvgIpc) is 3.34. The minimum Gasteiger partial charge on any atom is -0.457 e. The van der Waals surface area contributed by atoms with Crippen LogP contribution >= 0.6 is 0 Å². The van der Waals surface area contributed by atoms with Crippen LogP contribution < -0.4 is 4.90 Å². The molecule has 0 bridgehead atoms. The Morgan fingerprint density at radius 1 is 1.00 bits per heavy atom. The molecular weight excluding hydrogens is 378 g/mol. The maximum Gasteiger partial charge on any atom is 0.246 e. The highest BCUT2D eigenvalue weighted by atomic mass is 32.2. The zero-order chi connectivity index (χ0) is 19.9. The molecule has 0 spiro atoms. The van der Waals surface area contributed by atoms with Gasteiger partial charge in [-0.05, 0) is 38.0 Å². The summed E-state index contributed by atoms with van der Waals surface area (Å²) in [4.78, 5) is 2.43. The van der Waals surface area contributed by atoms with Gasteiger partial charge in [0.1, 0.15) is 10.7 Å². The van der Waals surface area contributed by atoms with Gasteiger partial charge in [0.05, 0.1) is 6.20 Å². The molecule has 1 saturated heterocycles. The highest BCUT2D eigenvalue weighted by molar-refractivity contribution is 7.89. The summed E-state index contributed by atoms with van der Waals surface area (Å²) >= 11 is 0. The highest BCUT2D eigenvalue weighted by Gasteiger charge is 2.32. The van der Waals surface area contributed by atoms with Crippen LogP contribution in [-0.2, 0) is 10.0 Å². The fourth-order valence-electron chi connectivity index (χ4n) is 3.57. The van der Waals surface area contributed by atoms with Crippen LogP contribution in [0.25, 0.3) is 11.5 Å². The Bertz CT molecular complexity index is 1080. The lowest BCUT2D eigenvalue weighted by atomic mass is 10.1. The Hall–Kier alpha value is -2.58. The minimum atomic E-state index is -3.64. The lowest BCUT2D eigenvalue weighted by molar-refractivity contribution is 0.383. The number of sulfonamides is 1. The van der Waals surface area contributed by atoms with Crippen molar-refractivity contribution in [3.8, 4) is 11.5 Å². The van der Waals surface area contributed by atoms with Crippen LogP contribution in [0.3, 0.4) is 0 Å². The van der Waals surface area contributed by atoms with Crippen molar-refractivity contribution in [3.05, 3.63) is 53.4 Å². The summed E-state index contributed by atoms with van der Waals surface area (Å²) in [6.07, 6.45) is 1.49. The van der Waals surface area contributed by atoms with Crippen LogP contribution in [0.4, 0.5) is 5.69 Å². The third kappa shape index (κ3) is 3.22. The van der Waals surface area contributed by atoms with E-state index in [0.717, 1.165) is 0 Å². The van der Waals surface area contributed by atoms with E-state index in [1.54, 1.807) is 13.0 Å². The molecule has 0 saturated carbocycles. The van der Waals surface area contributed by atoms with Crippen molar-refractivity contribution in [2.75, 3.05) is 31.1 Å². The molecule has 4 rings (SSSR count). The molecule has 1 aromatic carbocycles. The molecule has 2 aromatic heterocycles. The molecule has 1 fully saturated rings. The molecule has 0 atom stereocenters. The van der Waals surface area contributed by atoms with E-state index in [1.807, 2.05) is 6.07 Å². The molecule has 0 amide bonds. The van der Waals surface area contributed by atoms with Gasteiger partial charge < -0.3 is 13.8 Å². The van der Waals surface area contributed by atoms with E-state index in [4.69, 9.17) is 8.94 Å².